The minimum Gasteiger partial charge on any atom is -0.377 e. The number of ether oxygens (including phenoxy) is 1. The van der Waals surface area contributed by atoms with Crippen LogP contribution in [0.15, 0.2) is 30.3 Å². The van der Waals surface area contributed by atoms with E-state index in [-0.39, 0.29) is 5.91 Å². The summed E-state index contributed by atoms with van der Waals surface area (Å²) in [5, 5.41) is 7.19. The van der Waals surface area contributed by atoms with Crippen LogP contribution in [0.2, 0.25) is 0 Å². The van der Waals surface area contributed by atoms with E-state index in [1.807, 2.05) is 38.2 Å². The van der Waals surface area contributed by atoms with E-state index in [2.05, 4.69) is 28.3 Å². The third-order valence-corrected chi connectivity index (χ3v) is 4.77. The molecule has 1 aliphatic rings. The third-order valence-electron chi connectivity index (χ3n) is 4.77. The van der Waals surface area contributed by atoms with Gasteiger partial charge in [0.15, 0.2) is 0 Å². The van der Waals surface area contributed by atoms with Gasteiger partial charge in [-0.15, -0.1) is 0 Å². The molecule has 1 fully saturated rings. The monoisotopic (exact) mass is 356 g/mol. The van der Waals surface area contributed by atoms with E-state index >= 15 is 0 Å². The molecule has 6 heteroatoms. The Morgan fingerprint density at radius 2 is 2.27 bits per heavy atom. The van der Waals surface area contributed by atoms with E-state index in [1.54, 1.807) is 4.68 Å². The van der Waals surface area contributed by atoms with Crippen molar-refractivity contribution < 1.29 is 9.53 Å². The molecular weight excluding hydrogens is 328 g/mol. The smallest absolute Gasteiger partial charge is 0.256 e. The van der Waals surface area contributed by atoms with Crippen LogP contribution in [-0.4, -0.2) is 46.4 Å². The van der Waals surface area contributed by atoms with Crippen LogP contribution >= 0.6 is 0 Å². The number of carbonyl (C=O) groups is 1. The molecule has 1 amide bonds. The van der Waals surface area contributed by atoms with Gasteiger partial charge in [0.05, 0.1) is 11.8 Å². The molecule has 6 nitrogen and oxygen atoms in total. The van der Waals surface area contributed by atoms with Gasteiger partial charge in [-0.2, -0.15) is 5.10 Å². The van der Waals surface area contributed by atoms with E-state index < -0.39 is 0 Å². The van der Waals surface area contributed by atoms with Gasteiger partial charge in [0.2, 0.25) is 0 Å². The molecule has 26 heavy (non-hydrogen) atoms. The number of hydrogen-bond donors (Lipinski definition) is 1. The molecule has 1 aromatic heterocycles. The van der Waals surface area contributed by atoms with Crippen molar-refractivity contribution in [2.45, 2.75) is 39.3 Å². The summed E-state index contributed by atoms with van der Waals surface area (Å²) in [7, 11) is 1.82. The minimum atomic E-state index is -0.114. The number of carbonyl (C=O) groups excluding carboxylic acids is 1. The fourth-order valence-corrected chi connectivity index (χ4v) is 3.37. The summed E-state index contributed by atoms with van der Waals surface area (Å²) >= 11 is 0. The normalized spacial score (nSPS) is 17.0. The second-order valence-electron chi connectivity index (χ2n) is 6.91. The first-order chi connectivity index (χ1) is 12.5. The summed E-state index contributed by atoms with van der Waals surface area (Å²) in [6.45, 7) is 7.68. The van der Waals surface area contributed by atoms with Crippen LogP contribution in [0.3, 0.4) is 0 Å². The maximum Gasteiger partial charge on any atom is 0.256 e. The van der Waals surface area contributed by atoms with Gasteiger partial charge in [0.1, 0.15) is 5.82 Å². The fraction of sp³-hybridized carbons (Fsp3) is 0.500. The van der Waals surface area contributed by atoms with Gasteiger partial charge in [-0.05, 0) is 44.0 Å². The molecule has 0 spiro atoms. The van der Waals surface area contributed by atoms with Gasteiger partial charge in [-0.1, -0.05) is 19.1 Å². The topological polar surface area (TPSA) is 59.4 Å². The Morgan fingerprint density at radius 3 is 2.92 bits per heavy atom. The number of nitrogens with zero attached hydrogens (tertiary/aromatic N) is 3. The second kappa shape index (κ2) is 8.47. The standard InChI is InChI=1S/C20H28N4O2/c1-4-24(14-18-9-6-10-26-18)13-16-7-5-8-17(12-16)20(25)21-19-11-15(2)22-23(19)3/h5,7-8,11-12,18H,4,6,9-10,13-14H2,1-3H3,(H,21,25). The molecular formula is C20H28N4O2. The van der Waals surface area contributed by atoms with E-state index in [4.69, 9.17) is 4.74 Å². The van der Waals surface area contributed by atoms with Crippen molar-refractivity contribution >= 4 is 11.7 Å². The van der Waals surface area contributed by atoms with Crippen molar-refractivity contribution in [2.75, 3.05) is 25.0 Å². The van der Waals surface area contributed by atoms with Crippen LogP contribution in [-0.2, 0) is 18.3 Å². The molecule has 0 saturated carbocycles. The molecule has 1 saturated heterocycles. The van der Waals surface area contributed by atoms with Crippen LogP contribution in [0.5, 0.6) is 0 Å². The Labute approximate surface area is 155 Å². The van der Waals surface area contributed by atoms with Crippen LogP contribution in [0.1, 0.15) is 41.4 Å². The lowest BCUT2D eigenvalue weighted by atomic mass is 10.1. The number of amides is 1. The molecule has 1 unspecified atom stereocenters. The Kier molecular flexibility index (Phi) is 6.06. The summed E-state index contributed by atoms with van der Waals surface area (Å²) in [6, 6.07) is 9.69. The molecule has 1 aromatic carbocycles. The molecule has 1 aliphatic heterocycles. The lowest BCUT2D eigenvalue weighted by Crippen LogP contribution is -2.31. The zero-order valence-electron chi connectivity index (χ0n) is 15.9. The highest BCUT2D eigenvalue weighted by molar-refractivity contribution is 6.03. The molecule has 1 N–H and O–H groups in total. The van der Waals surface area contributed by atoms with Crippen molar-refractivity contribution in [1.29, 1.82) is 0 Å². The van der Waals surface area contributed by atoms with E-state index in [0.717, 1.165) is 50.3 Å². The minimum absolute atomic E-state index is 0.114. The quantitative estimate of drug-likeness (QED) is 0.829. The molecule has 0 radical (unpaired) electrons. The predicted molar refractivity (Wildman–Crippen MR) is 102 cm³/mol. The van der Waals surface area contributed by atoms with Crippen LogP contribution < -0.4 is 5.32 Å². The number of hydrogen-bond acceptors (Lipinski definition) is 4. The number of nitrogens with one attached hydrogen (secondary N) is 1. The van der Waals surface area contributed by atoms with Crippen LogP contribution in [0.25, 0.3) is 0 Å². The first kappa shape index (κ1) is 18.6. The molecule has 2 heterocycles. The average molecular weight is 356 g/mol. The van der Waals surface area contributed by atoms with Gasteiger partial charge in [-0.3, -0.25) is 14.4 Å². The van der Waals surface area contributed by atoms with Gasteiger partial charge < -0.3 is 10.1 Å². The number of likely N-dealkylation sites (N-methyl/N-ethyl adjacent to an activating group) is 1. The Hall–Kier alpha value is -2.18. The number of aryl methyl sites for hydroxylation is 2. The van der Waals surface area contributed by atoms with Crippen molar-refractivity contribution in [2.24, 2.45) is 7.05 Å². The van der Waals surface area contributed by atoms with E-state index in [9.17, 15) is 4.79 Å². The van der Waals surface area contributed by atoms with Gasteiger partial charge in [0, 0.05) is 38.4 Å². The van der Waals surface area contributed by atoms with Crippen molar-refractivity contribution in [3.8, 4) is 0 Å². The maximum atomic E-state index is 12.6. The van der Waals surface area contributed by atoms with Crippen molar-refractivity contribution in [3.63, 3.8) is 0 Å². The molecule has 140 valence electrons. The molecule has 3 rings (SSSR count). The van der Waals surface area contributed by atoms with E-state index in [0.29, 0.717) is 17.5 Å². The average Bonchev–Trinajstić information content (AvgIpc) is 3.24. The predicted octanol–water partition coefficient (Wildman–Crippen LogP) is 2.98. The molecule has 0 aliphatic carbocycles. The van der Waals surface area contributed by atoms with Crippen LogP contribution in [0.4, 0.5) is 5.82 Å². The van der Waals surface area contributed by atoms with Gasteiger partial charge in [0.25, 0.3) is 5.91 Å². The number of aromatic nitrogens is 2. The van der Waals surface area contributed by atoms with Crippen LogP contribution in [0, 0.1) is 6.92 Å². The molecule has 1 atom stereocenters. The Balaban J connectivity index is 1.64. The molecule has 2 aromatic rings. The third kappa shape index (κ3) is 4.71. The Morgan fingerprint density at radius 1 is 1.42 bits per heavy atom. The number of rotatable bonds is 7. The van der Waals surface area contributed by atoms with E-state index in [1.165, 1.54) is 0 Å². The van der Waals surface area contributed by atoms with Gasteiger partial charge >= 0.3 is 0 Å². The zero-order chi connectivity index (χ0) is 18.5. The summed E-state index contributed by atoms with van der Waals surface area (Å²) in [5.74, 6) is 0.587. The van der Waals surface area contributed by atoms with Crippen molar-refractivity contribution in [1.82, 2.24) is 14.7 Å². The number of benzene rings is 1. The highest BCUT2D eigenvalue weighted by atomic mass is 16.5. The first-order valence-electron chi connectivity index (χ1n) is 9.30. The lowest BCUT2D eigenvalue weighted by molar-refractivity contribution is 0.0724. The summed E-state index contributed by atoms with van der Waals surface area (Å²) < 4.78 is 7.43. The second-order valence-corrected chi connectivity index (χ2v) is 6.91. The number of anilines is 1. The van der Waals surface area contributed by atoms with Gasteiger partial charge in [-0.25, -0.2) is 0 Å². The fourth-order valence-electron chi connectivity index (χ4n) is 3.37. The first-order valence-corrected chi connectivity index (χ1v) is 9.30. The summed E-state index contributed by atoms with van der Waals surface area (Å²) in [6.07, 6.45) is 2.64. The molecule has 0 bridgehead atoms. The largest absolute Gasteiger partial charge is 0.377 e. The SMILES string of the molecule is CCN(Cc1cccc(C(=O)Nc2cc(C)nn2C)c1)CC1CCCO1. The highest BCUT2D eigenvalue weighted by Crippen LogP contribution is 2.16. The zero-order valence-corrected chi connectivity index (χ0v) is 15.9. The van der Waals surface area contributed by atoms with Crippen molar-refractivity contribution in [3.05, 3.63) is 47.2 Å². The maximum absolute atomic E-state index is 12.6. The summed E-state index contributed by atoms with van der Waals surface area (Å²) in [4.78, 5) is 14.9. The highest BCUT2D eigenvalue weighted by Gasteiger charge is 2.19. The Bertz CT molecular complexity index is 750. The summed E-state index contributed by atoms with van der Waals surface area (Å²) in [5.41, 5.74) is 2.68. The lowest BCUT2D eigenvalue weighted by Gasteiger charge is -2.23.